The van der Waals surface area contributed by atoms with Crippen LogP contribution in [0.1, 0.15) is 31.2 Å². The van der Waals surface area contributed by atoms with Gasteiger partial charge in [-0.15, -0.1) is 0 Å². The molecule has 1 aliphatic rings. The number of carboxylic acid groups (broad SMARTS) is 1. The number of hydrogen-bond donors (Lipinski definition) is 2. The first-order valence-electron chi connectivity index (χ1n) is 6.93. The van der Waals surface area contributed by atoms with Crippen LogP contribution in [0.4, 0.5) is 0 Å². The van der Waals surface area contributed by atoms with Crippen LogP contribution in [-0.4, -0.2) is 23.5 Å². The van der Waals surface area contributed by atoms with Crippen molar-refractivity contribution in [3.8, 4) is 0 Å². The number of nitrogens with one attached hydrogen (secondary N) is 1. The summed E-state index contributed by atoms with van der Waals surface area (Å²) in [4.78, 5) is 22.7. The van der Waals surface area contributed by atoms with E-state index in [4.69, 9.17) is 16.7 Å². The molecule has 0 atom stereocenters. The molecule has 1 amide bonds. The first-order chi connectivity index (χ1) is 10.0. The number of carbonyl (C=O) groups is 2. The molecule has 2 N–H and O–H groups in total. The molecule has 0 unspecified atom stereocenters. The Morgan fingerprint density at radius 1 is 1.33 bits per heavy atom. The van der Waals surface area contributed by atoms with Gasteiger partial charge in [0.2, 0.25) is 5.91 Å². The summed E-state index contributed by atoms with van der Waals surface area (Å²) in [5.74, 6) is -1.04. The number of amides is 1. The molecule has 2 rings (SSSR count). The molecule has 0 aliphatic heterocycles. The van der Waals surface area contributed by atoms with Crippen LogP contribution in [-0.2, 0) is 9.59 Å². The number of benzene rings is 1. The molecule has 112 valence electrons. The van der Waals surface area contributed by atoms with Gasteiger partial charge in [-0.2, -0.15) is 0 Å². The first-order valence-corrected chi connectivity index (χ1v) is 7.31. The normalized spacial score (nSPS) is 16.4. The highest BCUT2D eigenvalue weighted by molar-refractivity contribution is 6.32. The van der Waals surface area contributed by atoms with E-state index in [9.17, 15) is 9.59 Å². The standard InChI is InChI=1S/C16H18ClNO3/c17-13-5-2-1-4-12(13)6-7-14(19)18-11-16(8-3-9-16)10-15(20)21/h1-2,4-7H,3,8-11H2,(H,18,19)(H,20,21)/b7-6+. The molecule has 0 spiro atoms. The molecule has 4 nitrogen and oxygen atoms in total. The monoisotopic (exact) mass is 307 g/mol. The number of rotatable bonds is 6. The van der Waals surface area contributed by atoms with Crippen LogP contribution in [0.5, 0.6) is 0 Å². The Balaban J connectivity index is 1.87. The minimum absolute atomic E-state index is 0.113. The zero-order valence-corrected chi connectivity index (χ0v) is 12.4. The summed E-state index contributed by atoms with van der Waals surface area (Å²) in [7, 11) is 0. The maximum atomic E-state index is 11.8. The first kappa shape index (κ1) is 15.6. The van der Waals surface area contributed by atoms with Gasteiger partial charge >= 0.3 is 5.97 Å². The molecule has 0 aromatic heterocycles. The molecule has 0 radical (unpaired) electrons. The highest BCUT2D eigenvalue weighted by Gasteiger charge is 2.38. The van der Waals surface area contributed by atoms with E-state index in [1.165, 1.54) is 6.08 Å². The second-order valence-corrected chi connectivity index (χ2v) is 5.90. The SMILES string of the molecule is O=C(O)CC1(CNC(=O)/C=C/c2ccccc2Cl)CCC1. The van der Waals surface area contributed by atoms with E-state index in [2.05, 4.69) is 5.32 Å². The van der Waals surface area contributed by atoms with Crippen molar-refractivity contribution in [1.82, 2.24) is 5.32 Å². The van der Waals surface area contributed by atoms with Crippen LogP contribution in [0, 0.1) is 5.41 Å². The number of carboxylic acids is 1. The van der Waals surface area contributed by atoms with E-state index in [-0.39, 0.29) is 17.7 Å². The van der Waals surface area contributed by atoms with Gasteiger partial charge in [0.05, 0.1) is 6.42 Å². The fourth-order valence-electron chi connectivity index (χ4n) is 2.52. The maximum absolute atomic E-state index is 11.8. The molecule has 1 aromatic rings. The van der Waals surface area contributed by atoms with E-state index in [0.717, 1.165) is 24.8 Å². The van der Waals surface area contributed by atoms with Crippen molar-refractivity contribution in [2.24, 2.45) is 5.41 Å². The average molecular weight is 308 g/mol. The lowest BCUT2D eigenvalue weighted by atomic mass is 9.66. The third kappa shape index (κ3) is 4.33. The van der Waals surface area contributed by atoms with Gasteiger partial charge in [-0.3, -0.25) is 9.59 Å². The van der Waals surface area contributed by atoms with Crippen LogP contribution in [0.3, 0.4) is 0 Å². The fourth-order valence-corrected chi connectivity index (χ4v) is 2.72. The molecule has 0 saturated heterocycles. The second-order valence-electron chi connectivity index (χ2n) is 5.50. The summed E-state index contributed by atoms with van der Waals surface area (Å²) >= 11 is 6.00. The summed E-state index contributed by atoms with van der Waals surface area (Å²) in [5.41, 5.74) is 0.512. The fraction of sp³-hybridized carbons (Fsp3) is 0.375. The number of aliphatic carboxylic acids is 1. The van der Waals surface area contributed by atoms with Crippen molar-refractivity contribution >= 4 is 29.6 Å². The van der Waals surface area contributed by atoms with Gasteiger partial charge in [0.15, 0.2) is 0 Å². The molecule has 1 aromatic carbocycles. The van der Waals surface area contributed by atoms with Gasteiger partial charge in [-0.1, -0.05) is 36.2 Å². The van der Waals surface area contributed by atoms with E-state index < -0.39 is 5.97 Å². The Morgan fingerprint density at radius 3 is 2.62 bits per heavy atom. The second kappa shape index (κ2) is 6.76. The van der Waals surface area contributed by atoms with E-state index in [0.29, 0.717) is 11.6 Å². The van der Waals surface area contributed by atoms with Crippen LogP contribution in [0.15, 0.2) is 30.3 Å². The topological polar surface area (TPSA) is 66.4 Å². The Labute approximate surface area is 128 Å². The lowest BCUT2D eigenvalue weighted by Crippen LogP contribution is -2.43. The smallest absolute Gasteiger partial charge is 0.303 e. The van der Waals surface area contributed by atoms with Gasteiger partial charge in [-0.25, -0.2) is 0 Å². The molecular formula is C16H18ClNO3. The summed E-state index contributed by atoms with van der Waals surface area (Å²) < 4.78 is 0. The molecule has 1 aliphatic carbocycles. The third-order valence-electron chi connectivity index (χ3n) is 3.90. The zero-order valence-electron chi connectivity index (χ0n) is 11.6. The van der Waals surface area contributed by atoms with Gasteiger partial charge in [0, 0.05) is 17.6 Å². The summed E-state index contributed by atoms with van der Waals surface area (Å²) in [5, 5.41) is 12.3. The van der Waals surface area contributed by atoms with Crippen LogP contribution < -0.4 is 5.32 Å². The predicted octanol–water partition coefficient (Wildman–Crippen LogP) is 3.11. The number of halogens is 1. The van der Waals surface area contributed by atoms with Crippen LogP contribution in [0.25, 0.3) is 6.08 Å². The quantitative estimate of drug-likeness (QED) is 0.794. The summed E-state index contributed by atoms with van der Waals surface area (Å²) in [6.45, 7) is 0.408. The van der Waals surface area contributed by atoms with E-state index in [1.807, 2.05) is 18.2 Å². The Bertz CT molecular complexity index is 564. The Morgan fingerprint density at radius 2 is 2.05 bits per heavy atom. The van der Waals surface area contributed by atoms with Crippen molar-refractivity contribution in [1.29, 1.82) is 0 Å². The minimum Gasteiger partial charge on any atom is -0.481 e. The van der Waals surface area contributed by atoms with Crippen molar-refractivity contribution in [3.05, 3.63) is 40.9 Å². The molecule has 1 fully saturated rings. The van der Waals surface area contributed by atoms with Gasteiger partial charge in [0.25, 0.3) is 0 Å². The maximum Gasteiger partial charge on any atom is 0.303 e. The lowest BCUT2D eigenvalue weighted by molar-refractivity contribution is -0.141. The zero-order chi connectivity index (χ0) is 15.3. The predicted molar refractivity (Wildman–Crippen MR) is 82.0 cm³/mol. The van der Waals surface area contributed by atoms with Gasteiger partial charge in [0.1, 0.15) is 0 Å². The molecule has 0 bridgehead atoms. The Hall–Kier alpha value is -1.81. The van der Waals surface area contributed by atoms with Crippen molar-refractivity contribution in [2.45, 2.75) is 25.7 Å². The highest BCUT2D eigenvalue weighted by Crippen LogP contribution is 2.43. The summed E-state index contributed by atoms with van der Waals surface area (Å²) in [6, 6.07) is 7.25. The average Bonchev–Trinajstić information content (AvgIpc) is 2.40. The molecule has 1 saturated carbocycles. The number of carbonyl (C=O) groups excluding carboxylic acids is 1. The summed E-state index contributed by atoms with van der Waals surface area (Å²) in [6.07, 6.45) is 5.93. The van der Waals surface area contributed by atoms with Crippen LogP contribution in [0.2, 0.25) is 5.02 Å². The largest absolute Gasteiger partial charge is 0.481 e. The van der Waals surface area contributed by atoms with Crippen molar-refractivity contribution in [2.75, 3.05) is 6.54 Å². The third-order valence-corrected chi connectivity index (χ3v) is 4.24. The lowest BCUT2D eigenvalue weighted by Gasteiger charge is -2.40. The van der Waals surface area contributed by atoms with Crippen molar-refractivity contribution in [3.63, 3.8) is 0 Å². The minimum atomic E-state index is -0.810. The van der Waals surface area contributed by atoms with Gasteiger partial charge < -0.3 is 10.4 Å². The highest BCUT2D eigenvalue weighted by atomic mass is 35.5. The molecule has 21 heavy (non-hydrogen) atoms. The van der Waals surface area contributed by atoms with E-state index >= 15 is 0 Å². The van der Waals surface area contributed by atoms with Crippen molar-refractivity contribution < 1.29 is 14.7 Å². The van der Waals surface area contributed by atoms with E-state index in [1.54, 1.807) is 12.1 Å². The molecular weight excluding hydrogens is 290 g/mol. The van der Waals surface area contributed by atoms with Gasteiger partial charge in [-0.05, 0) is 36.0 Å². The van der Waals surface area contributed by atoms with Crippen LogP contribution >= 0.6 is 11.6 Å². The number of hydrogen-bond acceptors (Lipinski definition) is 2. The Kier molecular flexibility index (Phi) is 5.02. The molecule has 5 heteroatoms. The molecule has 0 heterocycles.